The first-order chi connectivity index (χ1) is 22.2. The Kier molecular flexibility index (Phi) is 11.3. The number of nitrogens with zero attached hydrogens (tertiary/aromatic N) is 1. The second-order valence-electron chi connectivity index (χ2n) is 10.8. The van der Waals surface area contributed by atoms with Crippen LogP contribution in [0.4, 0.5) is 0 Å². The molecule has 0 saturated carbocycles. The molecule has 11 heteroatoms. The van der Waals surface area contributed by atoms with Crippen molar-refractivity contribution in [3.05, 3.63) is 71.3 Å². The second-order valence-corrected chi connectivity index (χ2v) is 10.8. The fourth-order valence-corrected chi connectivity index (χ4v) is 6.15. The van der Waals surface area contributed by atoms with E-state index in [1.165, 1.54) is 21.3 Å². The van der Waals surface area contributed by atoms with Crippen LogP contribution in [0, 0.1) is 0 Å². The normalized spacial score (nSPS) is 16.6. The molecule has 246 valence electrons. The minimum absolute atomic E-state index is 0.135. The van der Waals surface area contributed by atoms with Crippen molar-refractivity contribution >= 4 is 17.7 Å². The number of hydrogen-bond donors (Lipinski definition) is 1. The molecule has 3 aromatic rings. The van der Waals surface area contributed by atoms with E-state index in [4.69, 9.17) is 28.4 Å². The lowest BCUT2D eigenvalue weighted by molar-refractivity contribution is -0.139. The van der Waals surface area contributed by atoms with Crippen molar-refractivity contribution in [1.82, 2.24) is 4.90 Å². The molecule has 4 rings (SSSR count). The van der Waals surface area contributed by atoms with Crippen molar-refractivity contribution in [2.24, 2.45) is 0 Å². The summed E-state index contributed by atoms with van der Waals surface area (Å²) >= 11 is 0. The Morgan fingerprint density at radius 2 is 1.48 bits per heavy atom. The molecule has 1 aliphatic heterocycles. The zero-order valence-corrected chi connectivity index (χ0v) is 27.0. The summed E-state index contributed by atoms with van der Waals surface area (Å²) in [4.78, 5) is 42.2. The highest BCUT2D eigenvalue weighted by Gasteiger charge is 2.43. The molecule has 1 heterocycles. The van der Waals surface area contributed by atoms with Gasteiger partial charge >= 0.3 is 5.97 Å². The Bertz CT molecular complexity index is 1530. The number of Topliss-reactive ketones (excluding diaryl/α,β-unsaturated/α-hetero) is 1. The average molecular weight is 636 g/mol. The number of hydrogen-bond acceptors (Lipinski definition) is 9. The van der Waals surface area contributed by atoms with Gasteiger partial charge in [0.15, 0.2) is 35.4 Å². The van der Waals surface area contributed by atoms with Gasteiger partial charge in [-0.1, -0.05) is 25.1 Å². The number of rotatable bonds is 14. The van der Waals surface area contributed by atoms with E-state index in [0.29, 0.717) is 60.1 Å². The van der Waals surface area contributed by atoms with E-state index in [9.17, 15) is 19.5 Å². The summed E-state index contributed by atoms with van der Waals surface area (Å²) < 4.78 is 33.2. The lowest BCUT2D eigenvalue weighted by atomic mass is 9.78. The molecule has 2 unspecified atom stereocenters. The Labute approximate surface area is 268 Å². The molecule has 1 saturated heterocycles. The maximum atomic E-state index is 14.6. The van der Waals surface area contributed by atoms with Crippen molar-refractivity contribution in [1.29, 1.82) is 0 Å². The Morgan fingerprint density at radius 3 is 2.07 bits per heavy atom. The van der Waals surface area contributed by atoms with Gasteiger partial charge in [-0.3, -0.25) is 9.59 Å². The molecule has 3 aromatic carbocycles. The molecule has 46 heavy (non-hydrogen) atoms. The number of ketones is 1. The Morgan fingerprint density at radius 1 is 0.826 bits per heavy atom. The molecule has 0 aliphatic carbocycles. The first-order valence-electron chi connectivity index (χ1n) is 15.0. The van der Waals surface area contributed by atoms with E-state index in [1.54, 1.807) is 61.6 Å². The number of methoxy groups -OCH3 is 5. The lowest BCUT2D eigenvalue weighted by Gasteiger charge is -2.42. The minimum Gasteiger partial charge on any atom is -0.493 e. The second kappa shape index (κ2) is 15.4. The molecule has 0 radical (unpaired) electrons. The minimum atomic E-state index is -1.17. The van der Waals surface area contributed by atoms with E-state index in [0.717, 1.165) is 5.56 Å². The lowest BCUT2D eigenvalue weighted by Crippen LogP contribution is -2.53. The third-order valence-electron chi connectivity index (χ3n) is 8.32. The van der Waals surface area contributed by atoms with Crippen LogP contribution in [0.15, 0.2) is 54.6 Å². The Hall–Kier alpha value is -4.93. The largest absolute Gasteiger partial charge is 0.493 e. The van der Waals surface area contributed by atoms with Gasteiger partial charge in [0.2, 0.25) is 11.7 Å². The van der Waals surface area contributed by atoms with Gasteiger partial charge < -0.3 is 38.4 Å². The average Bonchev–Trinajstić information content (AvgIpc) is 3.09. The smallest absolute Gasteiger partial charge is 0.341 e. The maximum absolute atomic E-state index is 14.6. The van der Waals surface area contributed by atoms with Gasteiger partial charge in [0.25, 0.3) is 0 Å². The van der Waals surface area contributed by atoms with Gasteiger partial charge in [-0.15, -0.1) is 0 Å². The summed E-state index contributed by atoms with van der Waals surface area (Å²) in [6.07, 6.45) is 1.71. The number of carboxylic acid groups (broad SMARTS) is 1. The van der Waals surface area contributed by atoms with Crippen LogP contribution in [0.3, 0.4) is 0 Å². The van der Waals surface area contributed by atoms with Crippen LogP contribution in [-0.2, 0) is 9.59 Å². The standard InChI is InChI=1S/C35H41NO10/c1-7-23(22-18-29(43-4)34(45-6)30(19-22)44-5)35(40)36-16-10-12-24(21-14-15-27(41-2)28(17-21)42-3)32(36)33(39)25-11-8-9-13-26(25)46-20-31(37)38/h8-9,11,13-15,17-19,23-24,32H,7,10,12,16,20H2,1-6H3,(H,37,38)/t23-,24?,32?/m0/s1. The van der Waals surface area contributed by atoms with Gasteiger partial charge in [-0.2, -0.15) is 0 Å². The summed E-state index contributed by atoms with van der Waals surface area (Å²) in [5.74, 6) is -0.369. The monoisotopic (exact) mass is 635 g/mol. The number of ether oxygens (including phenoxy) is 6. The number of carbonyl (C=O) groups excluding carboxylic acids is 2. The third kappa shape index (κ3) is 6.98. The van der Waals surface area contributed by atoms with Crippen molar-refractivity contribution in [3.8, 4) is 34.5 Å². The van der Waals surface area contributed by atoms with Gasteiger partial charge in [0.05, 0.1) is 47.0 Å². The molecule has 3 atom stereocenters. The zero-order chi connectivity index (χ0) is 33.4. The number of carbonyl (C=O) groups is 3. The molecule has 0 bridgehead atoms. The summed E-state index contributed by atoms with van der Waals surface area (Å²) in [5.41, 5.74) is 1.66. The SMILES string of the molecule is CC[C@H](C(=O)N1CCCC(c2ccc(OC)c(OC)c2)C1C(=O)c1ccccc1OCC(=O)O)c1cc(OC)c(OC)c(OC)c1. The van der Waals surface area contributed by atoms with E-state index in [-0.39, 0.29) is 23.0 Å². The summed E-state index contributed by atoms with van der Waals surface area (Å²) in [6, 6.07) is 14.6. The van der Waals surface area contributed by atoms with Crippen LogP contribution < -0.4 is 28.4 Å². The number of carboxylic acids is 1. The van der Waals surface area contributed by atoms with E-state index in [1.807, 2.05) is 19.1 Å². The number of para-hydroxylation sites is 1. The molecule has 0 spiro atoms. The van der Waals surface area contributed by atoms with Gasteiger partial charge in [-0.05, 0) is 66.8 Å². The van der Waals surface area contributed by atoms with Gasteiger partial charge in [0, 0.05) is 12.5 Å². The highest BCUT2D eigenvalue weighted by Crippen LogP contribution is 2.43. The number of benzene rings is 3. The molecule has 1 aliphatic rings. The number of piperidine rings is 1. The molecular formula is C35H41NO10. The summed E-state index contributed by atoms with van der Waals surface area (Å²) in [7, 11) is 7.63. The van der Waals surface area contributed by atoms with Gasteiger partial charge in [0.1, 0.15) is 11.8 Å². The molecular weight excluding hydrogens is 594 g/mol. The quantitative estimate of drug-likeness (QED) is 0.232. The number of amides is 1. The molecule has 1 fully saturated rings. The molecule has 11 nitrogen and oxygen atoms in total. The first-order valence-corrected chi connectivity index (χ1v) is 15.0. The van der Waals surface area contributed by atoms with Crippen molar-refractivity contribution in [2.45, 2.75) is 44.1 Å². The fourth-order valence-electron chi connectivity index (χ4n) is 6.15. The van der Waals surface area contributed by atoms with Crippen LogP contribution in [0.1, 0.15) is 59.5 Å². The van der Waals surface area contributed by atoms with Crippen molar-refractivity contribution in [2.75, 3.05) is 48.7 Å². The van der Waals surface area contributed by atoms with Crippen LogP contribution in [0.25, 0.3) is 0 Å². The van der Waals surface area contributed by atoms with Crippen molar-refractivity contribution < 1.29 is 47.9 Å². The fraction of sp³-hybridized carbons (Fsp3) is 0.400. The number of likely N-dealkylation sites (tertiary alicyclic amines) is 1. The Balaban J connectivity index is 1.84. The predicted octanol–water partition coefficient (Wildman–Crippen LogP) is 5.34. The van der Waals surface area contributed by atoms with E-state index < -0.39 is 30.5 Å². The van der Waals surface area contributed by atoms with Crippen molar-refractivity contribution in [3.63, 3.8) is 0 Å². The summed E-state index contributed by atoms with van der Waals surface area (Å²) in [5, 5.41) is 9.24. The molecule has 1 amide bonds. The number of aliphatic carboxylic acids is 1. The van der Waals surface area contributed by atoms with Crippen LogP contribution >= 0.6 is 0 Å². The van der Waals surface area contributed by atoms with Crippen LogP contribution in [0.5, 0.6) is 34.5 Å². The highest BCUT2D eigenvalue weighted by molar-refractivity contribution is 6.05. The molecule has 1 N–H and O–H groups in total. The van der Waals surface area contributed by atoms with E-state index >= 15 is 0 Å². The predicted molar refractivity (Wildman–Crippen MR) is 170 cm³/mol. The summed E-state index contributed by atoms with van der Waals surface area (Å²) in [6.45, 7) is 1.64. The van der Waals surface area contributed by atoms with Crippen LogP contribution in [0.2, 0.25) is 0 Å². The topological polar surface area (TPSA) is 130 Å². The highest BCUT2D eigenvalue weighted by atomic mass is 16.5. The molecule has 0 aromatic heterocycles. The zero-order valence-electron chi connectivity index (χ0n) is 27.0. The maximum Gasteiger partial charge on any atom is 0.341 e. The van der Waals surface area contributed by atoms with E-state index in [2.05, 4.69) is 0 Å². The van der Waals surface area contributed by atoms with Gasteiger partial charge in [-0.25, -0.2) is 4.79 Å². The van der Waals surface area contributed by atoms with Crippen LogP contribution in [-0.4, -0.2) is 82.4 Å². The first kappa shape index (κ1) is 34.0. The third-order valence-corrected chi connectivity index (χ3v) is 8.32.